The summed E-state index contributed by atoms with van der Waals surface area (Å²) in [6.45, 7) is 12.2. The van der Waals surface area contributed by atoms with Crippen LogP contribution in [0.1, 0.15) is 58.8 Å². The molecule has 1 amide bonds. The Morgan fingerprint density at radius 1 is 1.07 bits per heavy atom. The van der Waals surface area contributed by atoms with E-state index in [0.29, 0.717) is 12.5 Å². The third-order valence-electron chi connectivity index (χ3n) is 7.00. The predicted molar refractivity (Wildman–Crippen MR) is 119 cm³/mol. The lowest BCUT2D eigenvalue weighted by atomic mass is 9.84. The quantitative estimate of drug-likeness (QED) is 0.517. The van der Waals surface area contributed by atoms with Gasteiger partial charge in [0.15, 0.2) is 5.96 Å². The van der Waals surface area contributed by atoms with Gasteiger partial charge in [-0.05, 0) is 72.3 Å². The summed E-state index contributed by atoms with van der Waals surface area (Å²) in [6.07, 6.45) is 8.01. The molecular weight excluding hydrogens is 364 g/mol. The van der Waals surface area contributed by atoms with Gasteiger partial charge in [0.25, 0.3) is 0 Å². The van der Waals surface area contributed by atoms with Crippen LogP contribution in [0.3, 0.4) is 0 Å². The molecule has 3 saturated heterocycles. The maximum atomic E-state index is 12.0. The molecule has 3 heterocycles. The molecule has 0 saturated carbocycles. The van der Waals surface area contributed by atoms with Crippen LogP contribution in [-0.2, 0) is 4.79 Å². The lowest BCUT2D eigenvalue weighted by Gasteiger charge is -2.49. The monoisotopic (exact) mass is 406 g/mol. The van der Waals surface area contributed by atoms with Gasteiger partial charge >= 0.3 is 0 Å². The number of likely N-dealkylation sites (tertiary alicyclic amines) is 3. The predicted octanol–water partition coefficient (Wildman–Crippen LogP) is 1.50. The van der Waals surface area contributed by atoms with Crippen LogP contribution in [0.25, 0.3) is 0 Å². The number of carbonyl (C=O) groups excluding carboxylic acids is 1. The summed E-state index contributed by atoms with van der Waals surface area (Å²) in [5.41, 5.74) is 0.204. The van der Waals surface area contributed by atoms with Crippen LogP contribution in [0.5, 0.6) is 0 Å². The van der Waals surface area contributed by atoms with Crippen LogP contribution >= 0.6 is 0 Å². The van der Waals surface area contributed by atoms with E-state index < -0.39 is 0 Å². The van der Waals surface area contributed by atoms with E-state index in [1.54, 1.807) is 0 Å². The van der Waals surface area contributed by atoms with Gasteiger partial charge in [0, 0.05) is 37.6 Å². The second-order valence-corrected chi connectivity index (χ2v) is 9.09. The Hall–Kier alpha value is -1.34. The average Bonchev–Trinajstić information content (AvgIpc) is 3.22. The zero-order valence-corrected chi connectivity index (χ0v) is 18.9. The molecule has 7 nitrogen and oxygen atoms in total. The molecule has 0 aromatic heterocycles. The summed E-state index contributed by atoms with van der Waals surface area (Å²) in [5, 5.41) is 7.05. The van der Waals surface area contributed by atoms with Crippen molar-refractivity contribution in [1.82, 2.24) is 25.3 Å². The molecule has 0 aromatic rings. The van der Waals surface area contributed by atoms with Crippen molar-refractivity contribution in [2.24, 2.45) is 4.99 Å². The molecule has 0 bridgehead atoms. The molecule has 3 aliphatic rings. The summed E-state index contributed by atoms with van der Waals surface area (Å²) in [5.74, 6) is 1.17. The van der Waals surface area contributed by atoms with Crippen LogP contribution in [-0.4, -0.2) is 97.6 Å². The number of aliphatic imine (C=N–C) groups is 1. The molecule has 0 spiro atoms. The van der Waals surface area contributed by atoms with Crippen molar-refractivity contribution < 1.29 is 4.79 Å². The first-order valence-corrected chi connectivity index (χ1v) is 11.8. The molecule has 0 aliphatic carbocycles. The number of amides is 1. The van der Waals surface area contributed by atoms with Crippen LogP contribution in [0, 0.1) is 0 Å². The van der Waals surface area contributed by atoms with Crippen LogP contribution in [0.4, 0.5) is 0 Å². The Morgan fingerprint density at radius 2 is 1.79 bits per heavy atom. The zero-order chi connectivity index (χ0) is 20.7. The third-order valence-corrected chi connectivity index (χ3v) is 7.00. The van der Waals surface area contributed by atoms with Gasteiger partial charge in [-0.25, -0.2) is 0 Å². The molecular formula is C22H42N6O. The molecule has 2 N–H and O–H groups in total. The van der Waals surface area contributed by atoms with Crippen LogP contribution in [0.2, 0.25) is 0 Å². The van der Waals surface area contributed by atoms with Gasteiger partial charge in [-0.1, -0.05) is 13.3 Å². The first kappa shape index (κ1) is 22.3. The Balaban J connectivity index is 1.65. The average molecular weight is 407 g/mol. The number of rotatable bonds is 6. The number of nitrogens with one attached hydrogen (secondary N) is 2. The second-order valence-electron chi connectivity index (χ2n) is 9.09. The molecule has 3 aliphatic heterocycles. The van der Waals surface area contributed by atoms with E-state index >= 15 is 0 Å². The normalized spacial score (nSPS) is 26.5. The lowest BCUT2D eigenvalue weighted by Crippen LogP contribution is -2.58. The van der Waals surface area contributed by atoms with Gasteiger partial charge in [-0.15, -0.1) is 0 Å². The molecule has 29 heavy (non-hydrogen) atoms. The van der Waals surface area contributed by atoms with E-state index in [0.717, 1.165) is 51.6 Å². The number of piperidine rings is 2. The number of hydrogen-bond acceptors (Lipinski definition) is 4. The standard InChI is InChI=1S/C22H42N6O/c1-4-20(29)27-14-9-19(17-27)25-21(23-5-2)24-18-22(10-15-26(3)16-11-22)28-12-7-6-8-13-28/h19H,4-18H2,1-3H3,(H2,23,24,25). The number of guanidine groups is 1. The molecule has 1 atom stereocenters. The van der Waals surface area contributed by atoms with Gasteiger partial charge in [0.2, 0.25) is 5.91 Å². The van der Waals surface area contributed by atoms with Crippen molar-refractivity contribution in [3.63, 3.8) is 0 Å². The largest absolute Gasteiger partial charge is 0.357 e. The van der Waals surface area contributed by atoms with Crippen molar-refractivity contribution in [3.8, 4) is 0 Å². The first-order chi connectivity index (χ1) is 14.1. The van der Waals surface area contributed by atoms with E-state index in [1.165, 1.54) is 45.2 Å². The van der Waals surface area contributed by atoms with Crippen molar-refractivity contribution in [3.05, 3.63) is 0 Å². The highest BCUT2D eigenvalue weighted by atomic mass is 16.2. The second kappa shape index (κ2) is 10.6. The minimum absolute atomic E-state index is 0.204. The highest BCUT2D eigenvalue weighted by Crippen LogP contribution is 2.31. The van der Waals surface area contributed by atoms with Crippen molar-refractivity contribution >= 4 is 11.9 Å². The minimum atomic E-state index is 0.204. The summed E-state index contributed by atoms with van der Waals surface area (Å²) < 4.78 is 0. The summed E-state index contributed by atoms with van der Waals surface area (Å²) in [4.78, 5) is 24.3. The molecule has 1 unspecified atom stereocenters. The SMILES string of the molecule is CCNC(=NCC1(N2CCCCC2)CCN(C)CC1)NC1CCN(C(=O)CC)C1. The Morgan fingerprint density at radius 3 is 2.45 bits per heavy atom. The number of nitrogens with zero attached hydrogens (tertiary/aromatic N) is 4. The van der Waals surface area contributed by atoms with Gasteiger partial charge < -0.3 is 20.4 Å². The van der Waals surface area contributed by atoms with Crippen LogP contribution in [0.15, 0.2) is 4.99 Å². The fraction of sp³-hybridized carbons (Fsp3) is 0.909. The molecule has 0 radical (unpaired) electrons. The third kappa shape index (κ3) is 5.85. The lowest BCUT2D eigenvalue weighted by molar-refractivity contribution is -0.129. The fourth-order valence-electron chi connectivity index (χ4n) is 5.05. The van der Waals surface area contributed by atoms with E-state index in [4.69, 9.17) is 4.99 Å². The molecule has 3 fully saturated rings. The van der Waals surface area contributed by atoms with Gasteiger partial charge in [-0.2, -0.15) is 0 Å². The summed E-state index contributed by atoms with van der Waals surface area (Å²) in [7, 11) is 2.23. The Labute approximate surface area is 177 Å². The minimum Gasteiger partial charge on any atom is -0.357 e. The Kier molecular flexibility index (Phi) is 8.18. The summed E-state index contributed by atoms with van der Waals surface area (Å²) in [6, 6.07) is 0.298. The van der Waals surface area contributed by atoms with Gasteiger partial charge in [0.1, 0.15) is 0 Å². The van der Waals surface area contributed by atoms with E-state index in [-0.39, 0.29) is 11.4 Å². The summed E-state index contributed by atoms with van der Waals surface area (Å²) >= 11 is 0. The highest BCUT2D eigenvalue weighted by molar-refractivity contribution is 5.80. The fourth-order valence-corrected chi connectivity index (χ4v) is 5.05. The zero-order valence-electron chi connectivity index (χ0n) is 18.9. The maximum absolute atomic E-state index is 12.0. The number of hydrogen-bond donors (Lipinski definition) is 2. The molecule has 0 aromatic carbocycles. The van der Waals surface area contributed by atoms with E-state index in [2.05, 4.69) is 34.4 Å². The molecule has 7 heteroatoms. The van der Waals surface area contributed by atoms with Crippen molar-refractivity contribution in [2.45, 2.75) is 70.4 Å². The Bertz CT molecular complexity index is 552. The smallest absolute Gasteiger partial charge is 0.222 e. The number of carbonyl (C=O) groups is 1. The van der Waals surface area contributed by atoms with Gasteiger partial charge in [0.05, 0.1) is 6.54 Å². The van der Waals surface area contributed by atoms with Crippen molar-refractivity contribution in [2.75, 3.05) is 59.4 Å². The topological polar surface area (TPSA) is 63.2 Å². The molecule has 3 rings (SSSR count). The van der Waals surface area contributed by atoms with E-state index in [9.17, 15) is 4.79 Å². The van der Waals surface area contributed by atoms with Crippen molar-refractivity contribution in [1.29, 1.82) is 0 Å². The van der Waals surface area contributed by atoms with E-state index in [1.807, 2.05) is 11.8 Å². The first-order valence-electron chi connectivity index (χ1n) is 11.8. The maximum Gasteiger partial charge on any atom is 0.222 e. The van der Waals surface area contributed by atoms with Gasteiger partial charge in [-0.3, -0.25) is 14.7 Å². The molecule has 166 valence electrons. The highest BCUT2D eigenvalue weighted by Gasteiger charge is 2.39. The van der Waals surface area contributed by atoms with Crippen LogP contribution < -0.4 is 10.6 Å².